The van der Waals surface area contributed by atoms with Crippen molar-refractivity contribution in [1.82, 2.24) is 0 Å². The van der Waals surface area contributed by atoms with Gasteiger partial charge < -0.3 is 23.8 Å². The molecule has 2 atom stereocenters. The fraction of sp³-hybridized carbons (Fsp3) is 0.600. The highest BCUT2D eigenvalue weighted by Crippen LogP contribution is 2.24. The van der Waals surface area contributed by atoms with E-state index in [1.807, 2.05) is 19.1 Å². The number of epoxide rings is 2. The van der Waals surface area contributed by atoms with Gasteiger partial charge in [0, 0.05) is 25.4 Å². The molecule has 2 heterocycles. The Hall–Kier alpha value is -1.30. The number of rotatable bonds is 9. The van der Waals surface area contributed by atoms with Gasteiger partial charge in [-0.15, -0.1) is 0 Å². The Bertz CT molecular complexity index is 400. The Morgan fingerprint density at radius 2 is 1.70 bits per heavy atom. The average Bonchev–Trinajstić information content (AvgIpc) is 3.35. The van der Waals surface area contributed by atoms with E-state index in [2.05, 4.69) is 17.0 Å². The van der Waals surface area contributed by atoms with Crippen molar-refractivity contribution in [1.29, 1.82) is 0 Å². The second-order valence-electron chi connectivity index (χ2n) is 5.06. The van der Waals surface area contributed by atoms with Gasteiger partial charge in [-0.1, -0.05) is 0 Å². The minimum absolute atomic E-state index is 0.297. The van der Waals surface area contributed by atoms with Crippen LogP contribution in [0.4, 0.5) is 5.69 Å². The lowest BCUT2D eigenvalue weighted by molar-refractivity contribution is 0.0224. The quantitative estimate of drug-likeness (QED) is 0.391. The van der Waals surface area contributed by atoms with Crippen LogP contribution in [0.2, 0.25) is 0 Å². The van der Waals surface area contributed by atoms with Gasteiger partial charge in [0.05, 0.1) is 25.4 Å². The summed E-state index contributed by atoms with van der Waals surface area (Å²) in [7, 11) is 0. The molecule has 0 radical (unpaired) electrons. The molecule has 3 rings (SSSR count). The molecule has 0 spiro atoms. The molecular weight excluding hydrogens is 258 g/mol. The second-order valence-corrected chi connectivity index (χ2v) is 5.06. The third kappa shape index (κ3) is 4.10. The summed E-state index contributed by atoms with van der Waals surface area (Å²) in [5.41, 5.74) is 1.18. The maximum atomic E-state index is 5.48. The Morgan fingerprint density at radius 3 is 2.20 bits per heavy atom. The third-order valence-electron chi connectivity index (χ3n) is 3.37. The fourth-order valence-electron chi connectivity index (χ4n) is 2.07. The molecule has 0 saturated carbocycles. The first-order chi connectivity index (χ1) is 9.85. The van der Waals surface area contributed by atoms with Crippen LogP contribution in [-0.4, -0.2) is 51.9 Å². The summed E-state index contributed by atoms with van der Waals surface area (Å²) in [4.78, 5) is 2.32. The Balaban J connectivity index is 1.57. The van der Waals surface area contributed by atoms with Crippen LogP contribution in [0.3, 0.4) is 0 Å². The molecule has 0 N–H and O–H groups in total. The van der Waals surface area contributed by atoms with Crippen LogP contribution >= 0.6 is 0 Å². The molecule has 0 bridgehead atoms. The van der Waals surface area contributed by atoms with Gasteiger partial charge in [0.2, 0.25) is 0 Å². The van der Waals surface area contributed by atoms with Crippen molar-refractivity contribution in [3.63, 3.8) is 0 Å². The van der Waals surface area contributed by atoms with E-state index in [0.717, 1.165) is 32.1 Å². The fourth-order valence-corrected chi connectivity index (χ4v) is 2.07. The molecule has 2 saturated heterocycles. The standard InChI is InChI=1S/C15H21NO4/c1-2-17-11-20-13-5-3-12(4-6-13)16(7-14-9-18-14)8-15-10-19-15/h3-6,14-15H,2,7-11H2,1H3. The Morgan fingerprint density at radius 1 is 1.10 bits per heavy atom. The lowest BCUT2D eigenvalue weighted by Crippen LogP contribution is -2.31. The zero-order valence-corrected chi connectivity index (χ0v) is 11.8. The summed E-state index contributed by atoms with van der Waals surface area (Å²) < 4.78 is 21.3. The SMILES string of the molecule is CCOCOc1ccc(N(CC2CO2)CC2CO2)cc1. The molecule has 1 aromatic carbocycles. The van der Waals surface area contributed by atoms with E-state index in [0.29, 0.717) is 25.6 Å². The summed E-state index contributed by atoms with van der Waals surface area (Å²) >= 11 is 0. The first kappa shape index (κ1) is 13.7. The van der Waals surface area contributed by atoms with E-state index >= 15 is 0 Å². The van der Waals surface area contributed by atoms with Crippen molar-refractivity contribution in [2.45, 2.75) is 19.1 Å². The molecule has 110 valence electrons. The summed E-state index contributed by atoms with van der Waals surface area (Å²) in [5, 5.41) is 0. The summed E-state index contributed by atoms with van der Waals surface area (Å²) in [6.45, 7) is 6.51. The Labute approximate surface area is 119 Å². The molecule has 2 aliphatic heterocycles. The molecule has 5 nitrogen and oxygen atoms in total. The lowest BCUT2D eigenvalue weighted by Gasteiger charge is -2.23. The topological polar surface area (TPSA) is 46.8 Å². The summed E-state index contributed by atoms with van der Waals surface area (Å²) in [6.07, 6.45) is 0.755. The molecule has 2 aliphatic rings. The van der Waals surface area contributed by atoms with E-state index in [4.69, 9.17) is 18.9 Å². The number of ether oxygens (including phenoxy) is 4. The largest absolute Gasteiger partial charge is 0.468 e. The van der Waals surface area contributed by atoms with Crippen LogP contribution in [0.25, 0.3) is 0 Å². The summed E-state index contributed by atoms with van der Waals surface area (Å²) in [5.74, 6) is 0.826. The van der Waals surface area contributed by atoms with Crippen LogP contribution in [0, 0.1) is 0 Å². The minimum atomic E-state index is 0.297. The van der Waals surface area contributed by atoms with Gasteiger partial charge in [-0.3, -0.25) is 0 Å². The summed E-state index contributed by atoms with van der Waals surface area (Å²) in [6, 6.07) is 8.10. The number of nitrogens with zero attached hydrogens (tertiary/aromatic N) is 1. The van der Waals surface area contributed by atoms with Crippen LogP contribution in [0.1, 0.15) is 6.92 Å². The molecule has 1 aromatic rings. The number of benzene rings is 1. The van der Waals surface area contributed by atoms with Crippen molar-refractivity contribution in [2.24, 2.45) is 0 Å². The van der Waals surface area contributed by atoms with E-state index in [1.165, 1.54) is 5.69 Å². The highest BCUT2D eigenvalue weighted by Gasteiger charge is 2.30. The first-order valence-electron chi connectivity index (χ1n) is 7.14. The number of hydrogen-bond acceptors (Lipinski definition) is 5. The van der Waals surface area contributed by atoms with E-state index < -0.39 is 0 Å². The number of hydrogen-bond donors (Lipinski definition) is 0. The van der Waals surface area contributed by atoms with Crippen molar-refractivity contribution in [3.8, 4) is 5.75 Å². The van der Waals surface area contributed by atoms with Crippen LogP contribution in [-0.2, 0) is 14.2 Å². The van der Waals surface area contributed by atoms with Gasteiger partial charge in [-0.2, -0.15) is 0 Å². The van der Waals surface area contributed by atoms with Crippen molar-refractivity contribution in [3.05, 3.63) is 24.3 Å². The third-order valence-corrected chi connectivity index (χ3v) is 3.37. The van der Waals surface area contributed by atoms with Crippen LogP contribution in [0.15, 0.2) is 24.3 Å². The smallest absolute Gasteiger partial charge is 0.189 e. The van der Waals surface area contributed by atoms with Gasteiger partial charge in [0.1, 0.15) is 5.75 Å². The minimum Gasteiger partial charge on any atom is -0.468 e. The van der Waals surface area contributed by atoms with Gasteiger partial charge >= 0.3 is 0 Å². The molecule has 2 fully saturated rings. The monoisotopic (exact) mass is 279 g/mol. The lowest BCUT2D eigenvalue weighted by atomic mass is 10.2. The van der Waals surface area contributed by atoms with Crippen molar-refractivity contribution >= 4 is 5.69 Å². The molecule has 2 unspecified atom stereocenters. The maximum Gasteiger partial charge on any atom is 0.189 e. The van der Waals surface area contributed by atoms with Crippen molar-refractivity contribution in [2.75, 3.05) is 44.6 Å². The molecule has 0 aliphatic carbocycles. The van der Waals surface area contributed by atoms with E-state index in [9.17, 15) is 0 Å². The highest BCUT2D eigenvalue weighted by atomic mass is 16.7. The Kier molecular flexibility index (Phi) is 4.40. The molecule has 0 amide bonds. The zero-order valence-electron chi connectivity index (χ0n) is 11.8. The molecular formula is C15H21NO4. The average molecular weight is 279 g/mol. The zero-order chi connectivity index (χ0) is 13.8. The molecule has 0 aromatic heterocycles. The van der Waals surface area contributed by atoms with Gasteiger partial charge in [0.25, 0.3) is 0 Å². The van der Waals surface area contributed by atoms with Crippen LogP contribution < -0.4 is 9.64 Å². The first-order valence-corrected chi connectivity index (χ1v) is 7.14. The predicted octanol–water partition coefficient (Wildman–Crippen LogP) is 1.66. The maximum absolute atomic E-state index is 5.48. The molecule has 5 heteroatoms. The van der Waals surface area contributed by atoms with Gasteiger partial charge in [-0.25, -0.2) is 0 Å². The normalized spacial score (nSPS) is 23.4. The van der Waals surface area contributed by atoms with Crippen LogP contribution in [0.5, 0.6) is 5.75 Å². The van der Waals surface area contributed by atoms with E-state index in [-0.39, 0.29) is 0 Å². The number of anilines is 1. The van der Waals surface area contributed by atoms with Crippen molar-refractivity contribution < 1.29 is 18.9 Å². The van der Waals surface area contributed by atoms with Gasteiger partial charge in [-0.05, 0) is 31.2 Å². The van der Waals surface area contributed by atoms with Gasteiger partial charge in [0.15, 0.2) is 6.79 Å². The van der Waals surface area contributed by atoms with E-state index in [1.54, 1.807) is 0 Å². The second kappa shape index (κ2) is 6.43. The molecule has 20 heavy (non-hydrogen) atoms. The highest BCUT2D eigenvalue weighted by molar-refractivity contribution is 5.49. The predicted molar refractivity (Wildman–Crippen MR) is 75.3 cm³/mol.